The van der Waals surface area contributed by atoms with Crippen LogP contribution in [0.3, 0.4) is 0 Å². The minimum absolute atomic E-state index is 0.440. The molecule has 2 N–H and O–H groups in total. The molecular weight excluding hydrogens is 344 g/mol. The van der Waals surface area contributed by atoms with Crippen LogP contribution in [0, 0.1) is 51.4 Å². The summed E-state index contributed by atoms with van der Waals surface area (Å²) >= 11 is 0. The highest BCUT2D eigenvalue weighted by atomic mass is 16.3. The van der Waals surface area contributed by atoms with Crippen LogP contribution in [-0.2, 0) is 0 Å². The van der Waals surface area contributed by atoms with E-state index in [0.717, 1.165) is 45.9 Å². The molecule has 148 valence electrons. The zero-order valence-electron chi connectivity index (χ0n) is 17.5. The molecule has 5 rings (SSSR count). The first-order valence-corrected chi connectivity index (χ1v) is 11.0. The van der Waals surface area contributed by atoms with Gasteiger partial charge in [-0.15, -0.1) is 0 Å². The molecule has 3 fully saturated rings. The van der Waals surface area contributed by atoms with E-state index in [0.29, 0.717) is 23.3 Å². The van der Waals surface area contributed by atoms with E-state index >= 15 is 0 Å². The summed E-state index contributed by atoms with van der Waals surface area (Å²) in [6, 6.07) is 8.94. The van der Waals surface area contributed by atoms with Gasteiger partial charge in [-0.25, -0.2) is 0 Å². The van der Waals surface area contributed by atoms with Crippen molar-refractivity contribution in [2.75, 3.05) is 0 Å². The van der Waals surface area contributed by atoms with Gasteiger partial charge < -0.3 is 10.2 Å². The highest BCUT2D eigenvalue weighted by molar-refractivity contribution is 5.48. The van der Waals surface area contributed by atoms with Crippen molar-refractivity contribution < 1.29 is 10.2 Å². The van der Waals surface area contributed by atoms with Gasteiger partial charge in [0.25, 0.3) is 0 Å². The number of phenols is 2. The predicted molar refractivity (Wildman–Crippen MR) is 113 cm³/mol. The van der Waals surface area contributed by atoms with E-state index in [1.807, 2.05) is 27.7 Å². The Kier molecular flexibility index (Phi) is 4.05. The molecule has 0 spiro atoms. The van der Waals surface area contributed by atoms with Crippen molar-refractivity contribution in [3.05, 3.63) is 57.6 Å². The fraction of sp³-hybridized carbons (Fsp3) is 0.538. The van der Waals surface area contributed by atoms with Crippen LogP contribution in [0.4, 0.5) is 0 Å². The van der Waals surface area contributed by atoms with Crippen LogP contribution in [0.1, 0.15) is 70.9 Å². The Morgan fingerprint density at radius 3 is 1.75 bits per heavy atom. The third kappa shape index (κ3) is 2.53. The van der Waals surface area contributed by atoms with Gasteiger partial charge in [-0.05, 0) is 122 Å². The van der Waals surface area contributed by atoms with Crippen LogP contribution in [0.25, 0.3) is 0 Å². The van der Waals surface area contributed by atoms with Gasteiger partial charge in [0.05, 0.1) is 0 Å². The summed E-state index contributed by atoms with van der Waals surface area (Å²) in [5.41, 5.74) is 6.80. The summed E-state index contributed by atoms with van der Waals surface area (Å²) < 4.78 is 0. The molecule has 0 saturated heterocycles. The third-order valence-electron chi connectivity index (χ3n) is 8.37. The average Bonchev–Trinajstić information content (AvgIpc) is 3.35. The van der Waals surface area contributed by atoms with Crippen molar-refractivity contribution in [1.82, 2.24) is 0 Å². The summed E-state index contributed by atoms with van der Waals surface area (Å²) in [5.74, 6) is 5.34. The minimum atomic E-state index is 0.440. The van der Waals surface area contributed by atoms with Crippen molar-refractivity contribution in [2.45, 2.75) is 65.2 Å². The highest BCUT2D eigenvalue weighted by Gasteiger charge is 2.57. The maximum atomic E-state index is 10.3. The zero-order chi connectivity index (χ0) is 19.7. The molecule has 2 bridgehead atoms. The maximum Gasteiger partial charge on any atom is 0.121 e. The smallest absolute Gasteiger partial charge is 0.121 e. The van der Waals surface area contributed by atoms with Crippen LogP contribution in [0.5, 0.6) is 11.5 Å². The Balaban J connectivity index is 1.64. The van der Waals surface area contributed by atoms with E-state index in [4.69, 9.17) is 0 Å². The SMILES string of the molecule is Cc1cc(C2CC3C4CCC(C4)C3C2c2cc(C)c(O)c(C)c2)cc(C)c1O. The number of rotatable bonds is 2. The lowest BCUT2D eigenvalue weighted by Gasteiger charge is -2.31. The molecule has 6 unspecified atom stereocenters. The Morgan fingerprint density at radius 1 is 0.679 bits per heavy atom. The fourth-order valence-electron chi connectivity index (χ4n) is 7.26. The molecule has 0 aliphatic heterocycles. The van der Waals surface area contributed by atoms with Crippen LogP contribution < -0.4 is 0 Å². The Bertz CT molecular complexity index is 897. The number of benzene rings is 2. The second kappa shape index (κ2) is 6.27. The van der Waals surface area contributed by atoms with Crippen molar-refractivity contribution in [2.24, 2.45) is 23.7 Å². The fourth-order valence-corrected chi connectivity index (χ4v) is 7.26. The first-order valence-electron chi connectivity index (χ1n) is 11.0. The molecule has 28 heavy (non-hydrogen) atoms. The topological polar surface area (TPSA) is 40.5 Å². The Morgan fingerprint density at radius 2 is 1.18 bits per heavy atom. The molecule has 3 saturated carbocycles. The summed E-state index contributed by atoms with van der Waals surface area (Å²) in [6.07, 6.45) is 5.53. The Hall–Kier alpha value is -1.96. The van der Waals surface area contributed by atoms with E-state index in [1.165, 1.54) is 36.8 Å². The number of fused-ring (bicyclic) bond motifs is 5. The summed E-state index contributed by atoms with van der Waals surface area (Å²) in [5, 5.41) is 20.6. The zero-order valence-corrected chi connectivity index (χ0v) is 17.5. The molecule has 2 nitrogen and oxygen atoms in total. The summed E-state index contributed by atoms with van der Waals surface area (Å²) in [4.78, 5) is 0. The van der Waals surface area contributed by atoms with Crippen LogP contribution in [0.15, 0.2) is 24.3 Å². The number of aromatic hydroxyl groups is 2. The summed E-state index contributed by atoms with van der Waals surface area (Å²) in [6.45, 7) is 8.11. The van der Waals surface area contributed by atoms with E-state index in [2.05, 4.69) is 24.3 Å². The monoisotopic (exact) mass is 376 g/mol. The highest BCUT2D eigenvalue weighted by Crippen LogP contribution is 2.67. The maximum absolute atomic E-state index is 10.3. The molecule has 2 aromatic carbocycles. The van der Waals surface area contributed by atoms with Crippen LogP contribution in [0.2, 0.25) is 0 Å². The van der Waals surface area contributed by atoms with Gasteiger partial charge in [0.1, 0.15) is 11.5 Å². The lowest BCUT2D eigenvalue weighted by Crippen LogP contribution is -2.22. The van der Waals surface area contributed by atoms with Gasteiger partial charge in [0, 0.05) is 0 Å². The second-order valence-corrected chi connectivity index (χ2v) is 9.95. The van der Waals surface area contributed by atoms with Crippen molar-refractivity contribution in [1.29, 1.82) is 0 Å². The van der Waals surface area contributed by atoms with Gasteiger partial charge in [-0.3, -0.25) is 0 Å². The molecule has 2 aromatic rings. The number of hydrogen-bond acceptors (Lipinski definition) is 2. The van der Waals surface area contributed by atoms with Crippen molar-refractivity contribution in [3.63, 3.8) is 0 Å². The quantitative estimate of drug-likeness (QED) is 0.649. The number of aryl methyl sites for hydroxylation is 4. The van der Waals surface area contributed by atoms with Gasteiger partial charge in [0.2, 0.25) is 0 Å². The lowest BCUT2D eigenvalue weighted by molar-refractivity contribution is 0.242. The van der Waals surface area contributed by atoms with E-state index in [1.54, 1.807) is 0 Å². The van der Waals surface area contributed by atoms with E-state index < -0.39 is 0 Å². The minimum Gasteiger partial charge on any atom is -0.507 e. The number of hydrogen-bond donors (Lipinski definition) is 2. The molecule has 2 heteroatoms. The average molecular weight is 377 g/mol. The molecule has 0 radical (unpaired) electrons. The van der Waals surface area contributed by atoms with Gasteiger partial charge in [-0.1, -0.05) is 24.3 Å². The Labute approximate surface area is 168 Å². The van der Waals surface area contributed by atoms with Crippen molar-refractivity contribution >= 4 is 0 Å². The standard InChI is InChI=1S/C26H32O2/c1-13-7-19(8-14(2)25(13)27)22-12-21-17-5-6-18(11-17)23(21)24(22)20-9-15(3)26(28)16(4)10-20/h7-10,17-18,21-24,27-28H,5-6,11-12H2,1-4H3. The molecule has 0 heterocycles. The molecular formula is C26H32O2. The largest absolute Gasteiger partial charge is 0.507 e. The van der Waals surface area contributed by atoms with E-state index in [-0.39, 0.29) is 0 Å². The molecule has 3 aliphatic rings. The lowest BCUT2D eigenvalue weighted by atomic mass is 9.73. The van der Waals surface area contributed by atoms with Gasteiger partial charge in [-0.2, -0.15) is 0 Å². The molecule has 6 atom stereocenters. The van der Waals surface area contributed by atoms with Crippen LogP contribution in [-0.4, -0.2) is 10.2 Å². The van der Waals surface area contributed by atoms with Gasteiger partial charge in [0.15, 0.2) is 0 Å². The summed E-state index contributed by atoms with van der Waals surface area (Å²) in [7, 11) is 0. The first-order chi connectivity index (χ1) is 13.3. The molecule has 3 aliphatic carbocycles. The van der Waals surface area contributed by atoms with E-state index in [9.17, 15) is 10.2 Å². The van der Waals surface area contributed by atoms with Crippen molar-refractivity contribution in [3.8, 4) is 11.5 Å². The van der Waals surface area contributed by atoms with Crippen LogP contribution >= 0.6 is 0 Å². The first kappa shape index (κ1) is 18.1. The normalized spacial score (nSPS) is 33.4. The molecule has 0 aromatic heterocycles. The third-order valence-corrected chi connectivity index (χ3v) is 8.37. The van der Waals surface area contributed by atoms with Gasteiger partial charge >= 0.3 is 0 Å². The predicted octanol–water partition coefficient (Wildman–Crippen LogP) is 6.26. The number of phenolic OH excluding ortho intramolecular Hbond substituents is 2. The molecule has 0 amide bonds. The second-order valence-electron chi connectivity index (χ2n) is 9.95.